The number of hydrogen-bond acceptors (Lipinski definition) is 5. The zero-order valence-corrected chi connectivity index (χ0v) is 15.0. The van der Waals surface area contributed by atoms with Gasteiger partial charge in [-0.3, -0.25) is 13.9 Å². The number of rotatable bonds is 9. The van der Waals surface area contributed by atoms with E-state index in [1.54, 1.807) is 13.4 Å². The number of nitrogens with zero attached hydrogens (tertiary/aromatic N) is 4. The Bertz CT molecular complexity index is 896. The molecular weight excluding hydrogens is 347 g/mol. The van der Waals surface area contributed by atoms with Crippen LogP contribution in [0.15, 0.2) is 15.9 Å². The summed E-state index contributed by atoms with van der Waals surface area (Å²) in [6.07, 6.45) is 5.88. The number of aryl methyl sites for hydroxylation is 1. The van der Waals surface area contributed by atoms with Crippen molar-refractivity contribution < 1.29 is 14.0 Å². The molecule has 10 heteroatoms. The maximum Gasteiger partial charge on any atom is 0.694 e. The number of hydrogen-bond donors (Lipinski definition) is 1. The van der Waals surface area contributed by atoms with Gasteiger partial charge in [-0.1, -0.05) is 0 Å². The van der Waals surface area contributed by atoms with E-state index in [0.29, 0.717) is 42.9 Å². The Morgan fingerprint density at radius 1 is 1.32 bits per heavy atom. The molecule has 3 rings (SSSR count). The Morgan fingerprint density at radius 3 is 2.76 bits per heavy atom. The van der Waals surface area contributed by atoms with Crippen molar-refractivity contribution in [2.45, 2.75) is 45.2 Å². The molecule has 2 heterocycles. The zero-order valence-electron chi connectivity index (χ0n) is 14.1. The van der Waals surface area contributed by atoms with Crippen molar-refractivity contribution in [2.75, 3.05) is 6.61 Å². The molecule has 1 unspecified atom stereocenters. The van der Waals surface area contributed by atoms with Gasteiger partial charge in [0.15, 0.2) is 11.2 Å². The lowest BCUT2D eigenvalue weighted by Gasteiger charge is -2.09. The second-order valence-corrected chi connectivity index (χ2v) is 7.18. The average Bonchev–Trinajstić information content (AvgIpc) is 3.28. The molecule has 1 atom stereocenters. The van der Waals surface area contributed by atoms with Crippen molar-refractivity contribution in [2.24, 2.45) is 13.0 Å². The first kappa shape index (κ1) is 18.0. The van der Waals surface area contributed by atoms with Crippen LogP contribution in [0.1, 0.15) is 32.1 Å². The van der Waals surface area contributed by atoms with E-state index in [2.05, 4.69) is 9.51 Å². The van der Waals surface area contributed by atoms with Gasteiger partial charge in [0, 0.05) is 24.7 Å². The quantitative estimate of drug-likeness (QED) is 0.525. The maximum atomic E-state index is 12.8. The third-order valence-corrected chi connectivity index (χ3v) is 4.88. The van der Waals surface area contributed by atoms with Gasteiger partial charge in [0.1, 0.15) is 6.61 Å². The minimum atomic E-state index is -2.57. The summed E-state index contributed by atoms with van der Waals surface area (Å²) < 4.78 is 19.5. The Hall–Kier alpha value is -1.83. The third-order valence-electron chi connectivity index (χ3n) is 4.48. The van der Waals surface area contributed by atoms with Gasteiger partial charge < -0.3 is 4.57 Å². The summed E-state index contributed by atoms with van der Waals surface area (Å²) in [5.41, 5.74) is 0.233. The topological polar surface area (TPSA) is 108 Å². The van der Waals surface area contributed by atoms with E-state index in [-0.39, 0.29) is 17.9 Å². The van der Waals surface area contributed by atoms with Crippen molar-refractivity contribution >= 4 is 19.4 Å². The van der Waals surface area contributed by atoms with Crippen LogP contribution in [0.25, 0.3) is 11.2 Å². The molecule has 1 aliphatic carbocycles. The van der Waals surface area contributed by atoms with E-state index < -0.39 is 8.25 Å². The Balaban J connectivity index is 1.76. The highest BCUT2D eigenvalue weighted by Gasteiger charge is 2.24. The van der Waals surface area contributed by atoms with E-state index in [0.717, 1.165) is 6.54 Å². The molecular formula is C15H22N4O5P+. The van der Waals surface area contributed by atoms with Crippen LogP contribution in [0.2, 0.25) is 0 Å². The van der Waals surface area contributed by atoms with Crippen molar-refractivity contribution in [1.29, 1.82) is 0 Å². The zero-order chi connectivity index (χ0) is 18.0. The van der Waals surface area contributed by atoms with Gasteiger partial charge >= 0.3 is 13.9 Å². The predicted molar refractivity (Wildman–Crippen MR) is 91.6 cm³/mol. The standard InChI is InChI=1S/C15H21N4O5P/c1-17-13-12(18(10-16-13)9-11-5-6-11)14(20)19(15(17)21)7-3-2-4-8-24-25(22)23/h10-11H,2-9H2,1H3/p+1. The van der Waals surface area contributed by atoms with Crippen LogP contribution in [-0.2, 0) is 29.2 Å². The number of unbranched alkanes of at least 4 members (excludes halogenated alkanes) is 2. The molecule has 0 radical (unpaired) electrons. The summed E-state index contributed by atoms with van der Waals surface area (Å²) in [5.74, 6) is 0.598. The lowest BCUT2D eigenvalue weighted by atomic mass is 10.2. The van der Waals surface area contributed by atoms with Crippen LogP contribution in [-0.4, -0.2) is 30.2 Å². The maximum absolute atomic E-state index is 12.8. The Kier molecular flexibility index (Phi) is 5.46. The molecule has 1 aliphatic rings. The summed E-state index contributed by atoms with van der Waals surface area (Å²) >= 11 is 0. The number of imidazole rings is 1. The summed E-state index contributed by atoms with van der Waals surface area (Å²) in [6, 6.07) is 0. The highest BCUT2D eigenvalue weighted by molar-refractivity contribution is 7.32. The molecule has 2 aromatic rings. The van der Waals surface area contributed by atoms with E-state index in [9.17, 15) is 14.2 Å². The van der Waals surface area contributed by atoms with E-state index in [4.69, 9.17) is 4.89 Å². The van der Waals surface area contributed by atoms with Crippen LogP contribution in [0.3, 0.4) is 0 Å². The third kappa shape index (κ3) is 4.05. The van der Waals surface area contributed by atoms with Crippen LogP contribution < -0.4 is 11.2 Å². The molecule has 25 heavy (non-hydrogen) atoms. The first-order valence-electron chi connectivity index (χ1n) is 8.42. The summed E-state index contributed by atoms with van der Waals surface area (Å²) in [7, 11) is -0.943. The van der Waals surface area contributed by atoms with E-state index >= 15 is 0 Å². The van der Waals surface area contributed by atoms with Crippen LogP contribution in [0.4, 0.5) is 0 Å². The highest BCUT2D eigenvalue weighted by atomic mass is 31.1. The van der Waals surface area contributed by atoms with Crippen LogP contribution >= 0.6 is 8.25 Å². The molecule has 2 aromatic heterocycles. The van der Waals surface area contributed by atoms with Gasteiger partial charge in [0.25, 0.3) is 5.56 Å². The van der Waals surface area contributed by atoms with Crippen molar-refractivity contribution in [1.82, 2.24) is 18.7 Å². The molecule has 0 bridgehead atoms. The Morgan fingerprint density at radius 2 is 2.08 bits per heavy atom. The van der Waals surface area contributed by atoms with E-state index in [1.807, 2.05) is 4.57 Å². The van der Waals surface area contributed by atoms with Gasteiger partial charge in [-0.15, -0.1) is 9.42 Å². The summed E-state index contributed by atoms with van der Waals surface area (Å²) in [4.78, 5) is 38.0. The number of fused-ring (bicyclic) bond motifs is 1. The molecule has 0 saturated heterocycles. The van der Waals surface area contributed by atoms with Gasteiger partial charge in [-0.25, -0.2) is 9.78 Å². The molecule has 1 fully saturated rings. The lowest BCUT2D eigenvalue weighted by molar-refractivity contribution is 0.273. The molecule has 0 spiro atoms. The van der Waals surface area contributed by atoms with Crippen molar-refractivity contribution in [3.63, 3.8) is 0 Å². The van der Waals surface area contributed by atoms with Crippen molar-refractivity contribution in [3.05, 3.63) is 27.2 Å². The van der Waals surface area contributed by atoms with Crippen molar-refractivity contribution in [3.8, 4) is 0 Å². The molecule has 9 nitrogen and oxygen atoms in total. The smallest absolute Gasteiger partial charge is 0.324 e. The fourth-order valence-corrected chi connectivity index (χ4v) is 3.21. The largest absolute Gasteiger partial charge is 0.694 e. The summed E-state index contributed by atoms with van der Waals surface area (Å²) in [6.45, 7) is 1.26. The van der Waals surface area contributed by atoms with E-state index in [1.165, 1.54) is 22.0 Å². The van der Waals surface area contributed by atoms with Crippen LogP contribution in [0, 0.1) is 5.92 Å². The first-order chi connectivity index (χ1) is 12.0. The fraction of sp³-hybridized carbons (Fsp3) is 0.667. The molecule has 0 amide bonds. The predicted octanol–water partition coefficient (Wildman–Crippen LogP) is 1.14. The molecule has 0 aromatic carbocycles. The number of aromatic nitrogens is 4. The minimum Gasteiger partial charge on any atom is -0.324 e. The molecule has 1 saturated carbocycles. The van der Waals surface area contributed by atoms with Gasteiger partial charge in [-0.05, 0) is 38.0 Å². The molecule has 0 aliphatic heterocycles. The molecule has 136 valence electrons. The average molecular weight is 369 g/mol. The second kappa shape index (κ2) is 7.59. The first-order valence-corrected chi connectivity index (χ1v) is 9.55. The SMILES string of the molecule is Cn1c(=O)n(CCCCCO[P+](=O)O)c(=O)c2c1ncn2CC1CC1. The minimum absolute atomic E-state index is 0.186. The van der Waals surface area contributed by atoms with Gasteiger partial charge in [-0.2, -0.15) is 0 Å². The summed E-state index contributed by atoms with van der Waals surface area (Å²) in [5, 5.41) is 0. The highest BCUT2D eigenvalue weighted by Crippen LogP contribution is 2.31. The van der Waals surface area contributed by atoms with Gasteiger partial charge in [0.05, 0.1) is 6.33 Å². The Labute approximate surface area is 144 Å². The van der Waals surface area contributed by atoms with Crippen LogP contribution in [0.5, 0.6) is 0 Å². The monoisotopic (exact) mass is 369 g/mol. The van der Waals surface area contributed by atoms with Gasteiger partial charge in [0.2, 0.25) is 0 Å². The normalized spacial score (nSPS) is 15.0. The second-order valence-electron chi connectivity index (χ2n) is 6.44. The molecule has 1 N–H and O–H groups in total. The fourth-order valence-electron chi connectivity index (χ4n) is 2.93. The lowest BCUT2D eigenvalue weighted by Crippen LogP contribution is -2.39.